The van der Waals surface area contributed by atoms with Gasteiger partial charge in [-0.05, 0) is 18.1 Å². The van der Waals surface area contributed by atoms with Gasteiger partial charge in [0.2, 0.25) is 0 Å². The van der Waals surface area contributed by atoms with Crippen LogP contribution in [0, 0.1) is 0 Å². The van der Waals surface area contributed by atoms with E-state index in [2.05, 4.69) is 9.97 Å². The Balaban J connectivity index is 1.81. The molecule has 0 unspecified atom stereocenters. The Kier molecular flexibility index (Phi) is 4.64. The molecule has 0 saturated carbocycles. The highest BCUT2D eigenvalue weighted by molar-refractivity contribution is 7.89. The fraction of sp³-hybridized carbons (Fsp3) is 0.471. The first-order chi connectivity index (χ1) is 11.4. The minimum absolute atomic E-state index is 0.142. The van der Waals surface area contributed by atoms with Crippen LogP contribution in [0.25, 0.3) is 0 Å². The number of para-hydroxylation sites is 1. The number of H-pyrrole nitrogens is 1. The van der Waals surface area contributed by atoms with E-state index in [4.69, 9.17) is 4.74 Å². The highest BCUT2D eigenvalue weighted by Gasteiger charge is 2.35. The van der Waals surface area contributed by atoms with Gasteiger partial charge in [0.1, 0.15) is 11.6 Å². The van der Waals surface area contributed by atoms with E-state index < -0.39 is 10.0 Å². The number of hydrogen-bond donors (Lipinski definition) is 1. The van der Waals surface area contributed by atoms with Gasteiger partial charge in [0.05, 0.1) is 13.3 Å². The lowest BCUT2D eigenvalue weighted by Crippen LogP contribution is -2.29. The van der Waals surface area contributed by atoms with Crippen LogP contribution in [0.15, 0.2) is 35.5 Å². The smallest absolute Gasteiger partial charge is 0.260 e. The topological polar surface area (TPSA) is 75.3 Å². The number of rotatable bonds is 5. The quantitative estimate of drug-likeness (QED) is 0.900. The SMILES string of the molecule is COc1ccccc1[C@H]1CCN(S(=O)(=O)c2cnc(C(C)C)[nH]2)C1. The van der Waals surface area contributed by atoms with Gasteiger partial charge in [-0.1, -0.05) is 32.0 Å². The Hall–Kier alpha value is -1.86. The lowest BCUT2D eigenvalue weighted by Gasteiger charge is -2.17. The Morgan fingerprint density at radius 1 is 1.33 bits per heavy atom. The summed E-state index contributed by atoms with van der Waals surface area (Å²) in [6, 6.07) is 7.80. The van der Waals surface area contributed by atoms with Gasteiger partial charge < -0.3 is 9.72 Å². The molecule has 1 aliphatic heterocycles. The van der Waals surface area contributed by atoms with Crippen molar-refractivity contribution in [3.05, 3.63) is 41.9 Å². The number of nitrogens with one attached hydrogen (secondary N) is 1. The fourth-order valence-corrected chi connectivity index (χ4v) is 4.51. The molecule has 1 saturated heterocycles. The zero-order chi connectivity index (χ0) is 17.3. The van der Waals surface area contributed by atoms with Gasteiger partial charge in [0.15, 0.2) is 5.03 Å². The van der Waals surface area contributed by atoms with Crippen LogP contribution in [0.3, 0.4) is 0 Å². The predicted octanol–water partition coefficient (Wildman–Crippen LogP) is 2.72. The van der Waals surface area contributed by atoms with Crippen LogP contribution >= 0.6 is 0 Å². The number of methoxy groups -OCH3 is 1. The Labute approximate surface area is 142 Å². The number of aromatic nitrogens is 2. The maximum atomic E-state index is 12.8. The minimum Gasteiger partial charge on any atom is -0.496 e. The second-order valence-corrected chi connectivity index (χ2v) is 8.28. The van der Waals surface area contributed by atoms with Crippen molar-refractivity contribution in [3.8, 4) is 5.75 Å². The third kappa shape index (κ3) is 3.06. The number of ether oxygens (including phenoxy) is 1. The van der Waals surface area contributed by atoms with Crippen molar-refractivity contribution in [1.82, 2.24) is 14.3 Å². The first kappa shape index (κ1) is 17.0. The maximum Gasteiger partial charge on any atom is 0.260 e. The van der Waals surface area contributed by atoms with E-state index in [9.17, 15) is 8.42 Å². The monoisotopic (exact) mass is 349 g/mol. The fourth-order valence-electron chi connectivity index (χ4n) is 3.09. The Morgan fingerprint density at radius 2 is 2.08 bits per heavy atom. The number of hydrogen-bond acceptors (Lipinski definition) is 4. The van der Waals surface area contributed by atoms with Gasteiger partial charge in [-0.15, -0.1) is 0 Å². The van der Waals surface area contributed by atoms with E-state index in [1.807, 2.05) is 38.1 Å². The first-order valence-corrected chi connectivity index (χ1v) is 9.55. The van der Waals surface area contributed by atoms with E-state index >= 15 is 0 Å². The summed E-state index contributed by atoms with van der Waals surface area (Å²) in [4.78, 5) is 7.12. The molecule has 1 atom stereocenters. The maximum absolute atomic E-state index is 12.8. The molecule has 0 bridgehead atoms. The van der Waals surface area contributed by atoms with Crippen LogP contribution in [0.4, 0.5) is 0 Å². The van der Waals surface area contributed by atoms with Crippen LogP contribution in [0.5, 0.6) is 5.75 Å². The molecule has 1 fully saturated rings. The number of imidazole rings is 1. The molecule has 7 heteroatoms. The molecule has 24 heavy (non-hydrogen) atoms. The molecular weight excluding hydrogens is 326 g/mol. The van der Waals surface area contributed by atoms with Gasteiger partial charge in [-0.3, -0.25) is 0 Å². The van der Waals surface area contributed by atoms with Crippen molar-refractivity contribution in [1.29, 1.82) is 0 Å². The van der Waals surface area contributed by atoms with E-state index in [1.54, 1.807) is 7.11 Å². The summed E-state index contributed by atoms with van der Waals surface area (Å²) < 4.78 is 32.6. The van der Waals surface area contributed by atoms with E-state index in [0.717, 1.165) is 17.7 Å². The number of nitrogens with zero attached hydrogens (tertiary/aromatic N) is 2. The van der Waals surface area contributed by atoms with E-state index in [-0.39, 0.29) is 16.9 Å². The summed E-state index contributed by atoms with van der Waals surface area (Å²) in [5.74, 6) is 1.80. The third-order valence-electron chi connectivity index (χ3n) is 4.47. The van der Waals surface area contributed by atoms with Crippen molar-refractivity contribution in [2.45, 2.75) is 37.1 Å². The number of sulfonamides is 1. The van der Waals surface area contributed by atoms with Gasteiger partial charge in [0, 0.05) is 24.9 Å². The molecule has 1 aliphatic rings. The molecule has 6 nitrogen and oxygen atoms in total. The highest BCUT2D eigenvalue weighted by atomic mass is 32.2. The zero-order valence-corrected chi connectivity index (χ0v) is 15.0. The molecule has 0 spiro atoms. The van der Waals surface area contributed by atoms with Crippen LogP contribution in [0.1, 0.15) is 43.5 Å². The lowest BCUT2D eigenvalue weighted by atomic mass is 9.97. The number of benzene rings is 1. The molecule has 2 aromatic rings. The molecule has 0 aliphatic carbocycles. The first-order valence-electron chi connectivity index (χ1n) is 8.11. The van der Waals surface area contributed by atoms with Crippen LogP contribution in [-0.2, 0) is 10.0 Å². The molecule has 1 N–H and O–H groups in total. The largest absolute Gasteiger partial charge is 0.496 e. The Morgan fingerprint density at radius 3 is 2.75 bits per heavy atom. The summed E-state index contributed by atoms with van der Waals surface area (Å²) in [5, 5.41) is 0.173. The van der Waals surface area contributed by atoms with Gasteiger partial charge in [-0.2, -0.15) is 4.31 Å². The summed E-state index contributed by atoms with van der Waals surface area (Å²) in [5.41, 5.74) is 1.06. The van der Waals surface area contributed by atoms with E-state index in [0.29, 0.717) is 18.9 Å². The zero-order valence-electron chi connectivity index (χ0n) is 14.2. The molecule has 0 amide bonds. The van der Waals surface area contributed by atoms with Crippen LogP contribution < -0.4 is 4.74 Å². The highest BCUT2D eigenvalue weighted by Crippen LogP contribution is 2.35. The standard InChI is InChI=1S/C17H23N3O3S/c1-12(2)17-18-10-16(19-17)24(21,22)20-9-8-13(11-20)14-6-4-5-7-15(14)23-3/h4-7,10,12-13H,8-9,11H2,1-3H3,(H,18,19)/t13-/m0/s1. The van der Waals surface area contributed by atoms with Crippen LogP contribution in [0.2, 0.25) is 0 Å². The second kappa shape index (κ2) is 6.57. The van der Waals surface area contributed by atoms with Crippen molar-refractivity contribution in [2.75, 3.05) is 20.2 Å². The summed E-state index contributed by atoms with van der Waals surface area (Å²) in [6.45, 7) is 4.91. The molecule has 1 aromatic heterocycles. The summed E-state index contributed by atoms with van der Waals surface area (Å²) >= 11 is 0. The van der Waals surface area contributed by atoms with Crippen molar-refractivity contribution in [3.63, 3.8) is 0 Å². The van der Waals surface area contributed by atoms with Crippen LogP contribution in [-0.4, -0.2) is 42.9 Å². The molecule has 130 valence electrons. The molecule has 3 rings (SSSR count). The summed E-state index contributed by atoms with van der Waals surface area (Å²) in [6.07, 6.45) is 2.20. The average molecular weight is 349 g/mol. The average Bonchev–Trinajstić information content (AvgIpc) is 3.24. The van der Waals surface area contributed by atoms with Gasteiger partial charge >= 0.3 is 0 Å². The molecule has 1 aromatic carbocycles. The normalized spacial score (nSPS) is 19.1. The lowest BCUT2D eigenvalue weighted by molar-refractivity contribution is 0.404. The van der Waals surface area contributed by atoms with E-state index in [1.165, 1.54) is 10.5 Å². The molecular formula is C17H23N3O3S. The van der Waals surface area contributed by atoms with Crippen molar-refractivity contribution >= 4 is 10.0 Å². The van der Waals surface area contributed by atoms with Gasteiger partial charge in [0.25, 0.3) is 10.0 Å². The predicted molar refractivity (Wildman–Crippen MR) is 91.8 cm³/mol. The minimum atomic E-state index is -3.54. The van der Waals surface area contributed by atoms with Crippen molar-refractivity contribution in [2.24, 2.45) is 0 Å². The Bertz CT molecular complexity index is 814. The molecule has 0 radical (unpaired) electrons. The summed E-state index contributed by atoms with van der Waals surface area (Å²) in [7, 11) is -1.90. The van der Waals surface area contributed by atoms with Gasteiger partial charge in [-0.25, -0.2) is 13.4 Å². The molecule has 2 heterocycles. The second-order valence-electron chi connectivity index (χ2n) is 6.38. The third-order valence-corrected chi connectivity index (χ3v) is 6.24. The van der Waals surface area contributed by atoms with Crippen molar-refractivity contribution < 1.29 is 13.2 Å². The number of aromatic amines is 1.